The maximum Gasteiger partial charge on any atom is 0.306 e. The Labute approximate surface area is 88.3 Å². The van der Waals surface area contributed by atoms with Gasteiger partial charge in [-0.2, -0.15) is 11.8 Å². The van der Waals surface area contributed by atoms with Gasteiger partial charge in [0.25, 0.3) is 0 Å². The SMILES string of the molecule is CC1CSCCN1CC(O)CC(=O)O. The van der Waals surface area contributed by atoms with Gasteiger partial charge in [-0.1, -0.05) is 0 Å². The van der Waals surface area contributed by atoms with E-state index in [2.05, 4.69) is 11.8 Å². The van der Waals surface area contributed by atoms with Crippen molar-refractivity contribution in [3.63, 3.8) is 0 Å². The number of nitrogens with zero attached hydrogens (tertiary/aromatic N) is 1. The monoisotopic (exact) mass is 219 g/mol. The molecule has 1 heterocycles. The minimum absolute atomic E-state index is 0.156. The van der Waals surface area contributed by atoms with Gasteiger partial charge in [0, 0.05) is 30.6 Å². The molecule has 0 aromatic rings. The maximum absolute atomic E-state index is 10.4. The van der Waals surface area contributed by atoms with Crippen LogP contribution >= 0.6 is 11.8 Å². The molecule has 5 heteroatoms. The van der Waals surface area contributed by atoms with Crippen molar-refractivity contribution in [2.24, 2.45) is 0 Å². The summed E-state index contributed by atoms with van der Waals surface area (Å²) in [5.41, 5.74) is 0. The summed E-state index contributed by atoms with van der Waals surface area (Å²) >= 11 is 1.91. The fourth-order valence-corrected chi connectivity index (χ4v) is 2.65. The van der Waals surface area contributed by atoms with Crippen LogP contribution in [0.1, 0.15) is 13.3 Å². The number of aliphatic carboxylic acids is 1. The van der Waals surface area contributed by atoms with E-state index in [-0.39, 0.29) is 6.42 Å². The van der Waals surface area contributed by atoms with E-state index in [0.29, 0.717) is 12.6 Å². The largest absolute Gasteiger partial charge is 0.481 e. The van der Waals surface area contributed by atoms with Gasteiger partial charge in [0.2, 0.25) is 0 Å². The van der Waals surface area contributed by atoms with Crippen LogP contribution in [-0.2, 0) is 4.79 Å². The van der Waals surface area contributed by atoms with Gasteiger partial charge in [0.05, 0.1) is 12.5 Å². The molecule has 0 saturated carbocycles. The third-order valence-corrected chi connectivity index (χ3v) is 3.55. The number of hydrogen-bond donors (Lipinski definition) is 2. The van der Waals surface area contributed by atoms with Crippen LogP contribution in [0.4, 0.5) is 0 Å². The molecule has 2 unspecified atom stereocenters. The zero-order chi connectivity index (χ0) is 10.6. The lowest BCUT2D eigenvalue weighted by Gasteiger charge is -2.34. The van der Waals surface area contributed by atoms with Crippen LogP contribution in [0.2, 0.25) is 0 Å². The number of aliphatic hydroxyl groups is 1. The molecule has 1 aliphatic heterocycles. The molecular formula is C9H17NO3S. The molecule has 4 nitrogen and oxygen atoms in total. The molecule has 0 bridgehead atoms. The molecule has 0 radical (unpaired) electrons. The molecule has 1 rings (SSSR count). The minimum atomic E-state index is -0.934. The quantitative estimate of drug-likeness (QED) is 0.710. The van der Waals surface area contributed by atoms with Crippen LogP contribution in [0.3, 0.4) is 0 Å². The molecule has 14 heavy (non-hydrogen) atoms. The summed E-state index contributed by atoms with van der Waals surface area (Å²) in [4.78, 5) is 12.5. The number of carbonyl (C=O) groups is 1. The Morgan fingerprint density at radius 2 is 2.43 bits per heavy atom. The highest BCUT2D eigenvalue weighted by molar-refractivity contribution is 7.99. The topological polar surface area (TPSA) is 60.8 Å². The van der Waals surface area contributed by atoms with Crippen LogP contribution in [0.25, 0.3) is 0 Å². The van der Waals surface area contributed by atoms with E-state index >= 15 is 0 Å². The second-order valence-electron chi connectivity index (χ2n) is 3.67. The van der Waals surface area contributed by atoms with Gasteiger partial charge in [0.15, 0.2) is 0 Å². The molecule has 0 amide bonds. The fourth-order valence-electron chi connectivity index (χ4n) is 1.57. The van der Waals surface area contributed by atoms with E-state index in [4.69, 9.17) is 5.11 Å². The van der Waals surface area contributed by atoms with Crippen LogP contribution in [0.15, 0.2) is 0 Å². The molecule has 0 aromatic carbocycles. The van der Waals surface area contributed by atoms with E-state index in [0.717, 1.165) is 18.1 Å². The number of carboxylic acid groups (broad SMARTS) is 1. The second kappa shape index (κ2) is 5.58. The van der Waals surface area contributed by atoms with Gasteiger partial charge < -0.3 is 10.2 Å². The summed E-state index contributed by atoms with van der Waals surface area (Å²) in [6.45, 7) is 3.54. The predicted octanol–water partition coefficient (Wildman–Crippen LogP) is 0.259. The third kappa shape index (κ3) is 3.86. The van der Waals surface area contributed by atoms with Crippen molar-refractivity contribution in [3.05, 3.63) is 0 Å². The van der Waals surface area contributed by atoms with Crippen molar-refractivity contribution >= 4 is 17.7 Å². The van der Waals surface area contributed by atoms with Gasteiger partial charge in [-0.05, 0) is 6.92 Å². The first-order valence-corrected chi connectivity index (χ1v) is 5.96. The Kier molecular flexibility index (Phi) is 4.71. The lowest BCUT2D eigenvalue weighted by Crippen LogP contribution is -2.44. The van der Waals surface area contributed by atoms with E-state index < -0.39 is 12.1 Å². The Bertz CT molecular complexity index is 200. The number of hydrogen-bond acceptors (Lipinski definition) is 4. The van der Waals surface area contributed by atoms with Gasteiger partial charge in [-0.15, -0.1) is 0 Å². The Hall–Kier alpha value is -0.260. The van der Waals surface area contributed by atoms with Crippen molar-refractivity contribution in [2.75, 3.05) is 24.6 Å². The van der Waals surface area contributed by atoms with Crippen molar-refractivity contribution in [2.45, 2.75) is 25.5 Å². The van der Waals surface area contributed by atoms with Crippen molar-refractivity contribution in [3.8, 4) is 0 Å². The van der Waals surface area contributed by atoms with E-state index in [1.54, 1.807) is 0 Å². The Balaban J connectivity index is 2.30. The fraction of sp³-hybridized carbons (Fsp3) is 0.889. The van der Waals surface area contributed by atoms with E-state index in [1.165, 1.54) is 0 Å². The zero-order valence-corrected chi connectivity index (χ0v) is 9.16. The first kappa shape index (κ1) is 11.8. The Morgan fingerprint density at radius 3 is 3.00 bits per heavy atom. The number of rotatable bonds is 4. The summed E-state index contributed by atoms with van der Waals surface area (Å²) in [6, 6.07) is 0.442. The summed E-state index contributed by atoms with van der Waals surface area (Å²) in [5, 5.41) is 18.0. The van der Waals surface area contributed by atoms with Crippen LogP contribution in [0, 0.1) is 0 Å². The standard InChI is InChI=1S/C9H17NO3S/c1-7-6-14-3-2-10(7)5-8(11)4-9(12)13/h7-8,11H,2-6H2,1H3,(H,12,13). The summed E-state index contributed by atoms with van der Waals surface area (Å²) in [6.07, 6.45) is -0.894. The van der Waals surface area contributed by atoms with Crippen LogP contribution < -0.4 is 0 Å². The number of thioether (sulfide) groups is 1. The summed E-state index contributed by atoms with van der Waals surface area (Å²) in [5.74, 6) is 1.21. The highest BCUT2D eigenvalue weighted by Gasteiger charge is 2.21. The second-order valence-corrected chi connectivity index (χ2v) is 4.82. The number of aliphatic hydroxyl groups excluding tert-OH is 1. The highest BCUT2D eigenvalue weighted by Crippen LogP contribution is 2.16. The van der Waals surface area contributed by atoms with Crippen molar-refractivity contribution < 1.29 is 15.0 Å². The lowest BCUT2D eigenvalue weighted by atomic mass is 10.2. The smallest absolute Gasteiger partial charge is 0.306 e. The molecule has 0 spiro atoms. The molecule has 0 aliphatic carbocycles. The van der Waals surface area contributed by atoms with Gasteiger partial charge >= 0.3 is 5.97 Å². The highest BCUT2D eigenvalue weighted by atomic mass is 32.2. The number of carboxylic acids is 1. The molecule has 1 aliphatic rings. The average molecular weight is 219 g/mol. The van der Waals surface area contributed by atoms with E-state index in [1.807, 2.05) is 11.8 Å². The summed E-state index contributed by atoms with van der Waals surface area (Å²) < 4.78 is 0. The van der Waals surface area contributed by atoms with Crippen molar-refractivity contribution in [1.29, 1.82) is 0 Å². The molecule has 1 saturated heterocycles. The zero-order valence-electron chi connectivity index (χ0n) is 8.35. The normalized spacial score (nSPS) is 26.0. The molecule has 0 aromatic heterocycles. The average Bonchev–Trinajstić information content (AvgIpc) is 2.07. The van der Waals surface area contributed by atoms with E-state index in [9.17, 15) is 9.90 Å². The molecule has 2 N–H and O–H groups in total. The maximum atomic E-state index is 10.4. The minimum Gasteiger partial charge on any atom is -0.481 e. The molecule has 2 atom stereocenters. The molecule has 1 fully saturated rings. The first-order chi connectivity index (χ1) is 6.59. The molecule has 82 valence electrons. The van der Waals surface area contributed by atoms with Crippen molar-refractivity contribution in [1.82, 2.24) is 4.90 Å². The van der Waals surface area contributed by atoms with Gasteiger partial charge in [-0.25, -0.2) is 0 Å². The lowest BCUT2D eigenvalue weighted by molar-refractivity contribution is -0.139. The van der Waals surface area contributed by atoms with Crippen LogP contribution in [0.5, 0.6) is 0 Å². The van der Waals surface area contributed by atoms with Gasteiger partial charge in [0.1, 0.15) is 0 Å². The van der Waals surface area contributed by atoms with Crippen LogP contribution in [-0.4, -0.2) is 57.8 Å². The first-order valence-electron chi connectivity index (χ1n) is 4.81. The third-order valence-electron chi connectivity index (χ3n) is 2.36. The molecular weight excluding hydrogens is 202 g/mol. The number of β-amino-alcohol motifs (C(OH)–C–C–N with tert-alkyl or cyclic N) is 1. The van der Waals surface area contributed by atoms with Gasteiger partial charge in [-0.3, -0.25) is 9.69 Å². The predicted molar refractivity (Wildman–Crippen MR) is 56.6 cm³/mol. The summed E-state index contributed by atoms with van der Waals surface area (Å²) in [7, 11) is 0. The Morgan fingerprint density at radius 1 is 1.71 bits per heavy atom.